The van der Waals surface area contributed by atoms with E-state index < -0.39 is 0 Å². The zero-order chi connectivity index (χ0) is 20.4. The quantitative estimate of drug-likeness (QED) is 0.708. The van der Waals surface area contributed by atoms with Gasteiger partial charge in [-0.25, -0.2) is 4.98 Å². The van der Waals surface area contributed by atoms with Crippen molar-refractivity contribution in [1.82, 2.24) is 15.0 Å². The van der Waals surface area contributed by atoms with Crippen LogP contribution >= 0.6 is 23.4 Å². The van der Waals surface area contributed by atoms with Crippen LogP contribution in [-0.2, 0) is 11.3 Å². The van der Waals surface area contributed by atoms with E-state index in [4.69, 9.17) is 22.1 Å². The van der Waals surface area contributed by atoms with E-state index in [1.165, 1.54) is 11.8 Å². The fourth-order valence-electron chi connectivity index (χ4n) is 3.61. The maximum Gasteiger partial charge on any atom is 0.223 e. The Kier molecular flexibility index (Phi) is 6.30. The van der Waals surface area contributed by atoms with Crippen LogP contribution in [0.25, 0.3) is 0 Å². The largest absolute Gasteiger partial charge is 0.496 e. The third-order valence-electron chi connectivity index (χ3n) is 4.91. The molecule has 0 bridgehead atoms. The smallest absolute Gasteiger partial charge is 0.223 e. The number of nitrogen functional groups attached to an aromatic ring is 1. The lowest BCUT2D eigenvalue weighted by Gasteiger charge is -2.21. The summed E-state index contributed by atoms with van der Waals surface area (Å²) in [5.41, 5.74) is 9.67. The predicted octanol–water partition coefficient (Wildman–Crippen LogP) is 3.51. The van der Waals surface area contributed by atoms with Gasteiger partial charge in [0.1, 0.15) is 16.7 Å². The number of nitrogens with zero attached hydrogens (tertiary/aromatic N) is 4. The summed E-state index contributed by atoms with van der Waals surface area (Å²) in [5, 5.41) is 0.496. The van der Waals surface area contributed by atoms with Crippen molar-refractivity contribution in [3.8, 4) is 5.75 Å². The van der Waals surface area contributed by atoms with Gasteiger partial charge in [-0.1, -0.05) is 23.4 Å². The third-order valence-corrected chi connectivity index (χ3v) is 6.04. The fraction of sp³-hybridized carbons (Fsp3) is 0.474. The van der Waals surface area contributed by atoms with Gasteiger partial charge < -0.3 is 15.4 Å². The van der Waals surface area contributed by atoms with Gasteiger partial charge in [-0.15, -0.1) is 0 Å². The molecule has 0 aromatic carbocycles. The van der Waals surface area contributed by atoms with Crippen molar-refractivity contribution in [2.45, 2.75) is 39.7 Å². The molecular formula is C19H24ClN5O2S. The first-order valence-electron chi connectivity index (χ1n) is 9.02. The maximum absolute atomic E-state index is 11.3. The third kappa shape index (κ3) is 4.17. The van der Waals surface area contributed by atoms with Crippen LogP contribution in [0.2, 0.25) is 5.15 Å². The molecule has 0 radical (unpaired) electrons. The van der Waals surface area contributed by atoms with Gasteiger partial charge in [-0.3, -0.25) is 9.78 Å². The van der Waals surface area contributed by atoms with Crippen LogP contribution in [-0.4, -0.2) is 39.5 Å². The number of aryl methyl sites for hydroxylation is 1. The van der Waals surface area contributed by atoms with Crippen molar-refractivity contribution in [2.75, 3.05) is 30.0 Å². The molecule has 3 rings (SSSR count). The van der Waals surface area contributed by atoms with Crippen LogP contribution in [0.4, 0.5) is 11.8 Å². The second kappa shape index (κ2) is 8.53. The zero-order valence-corrected chi connectivity index (χ0v) is 18.0. The van der Waals surface area contributed by atoms with Crippen LogP contribution in [0.15, 0.2) is 6.20 Å². The second-order valence-corrected chi connectivity index (χ2v) is 8.49. The van der Waals surface area contributed by atoms with E-state index in [0.29, 0.717) is 11.7 Å². The number of carbonyl (C=O) groups is 1. The highest BCUT2D eigenvalue weighted by Gasteiger charge is 2.34. The molecule has 7 nitrogen and oxygen atoms in total. The molecule has 150 valence electrons. The van der Waals surface area contributed by atoms with Gasteiger partial charge in [-0.05, 0) is 20.3 Å². The van der Waals surface area contributed by atoms with Gasteiger partial charge in [0.05, 0.1) is 19.3 Å². The number of halogens is 1. The SMILES string of the molecule is COc1c(C)cnc(CN2CC(CCSC(C)=O)c3c(Cl)nc(N)nc32)c1C. The lowest BCUT2D eigenvalue weighted by molar-refractivity contribution is -0.109. The summed E-state index contributed by atoms with van der Waals surface area (Å²) in [6.07, 6.45) is 2.63. The summed E-state index contributed by atoms with van der Waals surface area (Å²) < 4.78 is 5.53. The topological polar surface area (TPSA) is 94.2 Å². The van der Waals surface area contributed by atoms with Gasteiger partial charge >= 0.3 is 0 Å². The second-order valence-electron chi connectivity index (χ2n) is 6.86. The van der Waals surface area contributed by atoms with Gasteiger partial charge in [0.2, 0.25) is 5.95 Å². The molecule has 2 N–H and O–H groups in total. The predicted molar refractivity (Wildman–Crippen MR) is 113 cm³/mol. The van der Waals surface area contributed by atoms with Crippen molar-refractivity contribution in [3.63, 3.8) is 0 Å². The Hall–Kier alpha value is -2.06. The van der Waals surface area contributed by atoms with E-state index in [2.05, 4.69) is 19.9 Å². The van der Waals surface area contributed by atoms with Crippen molar-refractivity contribution < 1.29 is 9.53 Å². The molecule has 2 aromatic heterocycles. The number of carbonyl (C=O) groups excluding carboxylic acids is 1. The molecule has 0 saturated heterocycles. The Morgan fingerprint density at radius 1 is 1.43 bits per heavy atom. The number of hydrogen-bond donors (Lipinski definition) is 1. The summed E-state index contributed by atoms with van der Waals surface area (Å²) in [7, 11) is 1.67. The number of methoxy groups -OCH3 is 1. The number of ether oxygens (including phenoxy) is 1. The molecule has 0 amide bonds. The van der Waals surface area contributed by atoms with Crippen molar-refractivity contribution >= 4 is 40.2 Å². The monoisotopic (exact) mass is 421 g/mol. The van der Waals surface area contributed by atoms with E-state index in [1.54, 1.807) is 14.0 Å². The number of thioether (sulfide) groups is 1. The maximum atomic E-state index is 11.3. The first-order chi connectivity index (χ1) is 13.3. The van der Waals surface area contributed by atoms with Gasteiger partial charge in [-0.2, -0.15) is 4.98 Å². The summed E-state index contributed by atoms with van der Waals surface area (Å²) >= 11 is 7.73. The molecular weight excluding hydrogens is 398 g/mol. The number of anilines is 2. The summed E-state index contributed by atoms with van der Waals surface area (Å²) in [6, 6.07) is 0. The highest BCUT2D eigenvalue weighted by molar-refractivity contribution is 8.13. The minimum absolute atomic E-state index is 0.112. The first kappa shape index (κ1) is 20.7. The molecule has 1 unspecified atom stereocenters. The van der Waals surface area contributed by atoms with Gasteiger partial charge in [0.15, 0.2) is 5.12 Å². The average molecular weight is 422 g/mol. The highest BCUT2D eigenvalue weighted by atomic mass is 35.5. The molecule has 0 saturated carbocycles. The average Bonchev–Trinajstić information content (AvgIpc) is 2.95. The van der Waals surface area contributed by atoms with E-state index in [0.717, 1.165) is 52.7 Å². The first-order valence-corrected chi connectivity index (χ1v) is 10.4. The minimum Gasteiger partial charge on any atom is -0.496 e. The van der Waals surface area contributed by atoms with Crippen LogP contribution in [0, 0.1) is 13.8 Å². The highest BCUT2D eigenvalue weighted by Crippen LogP contribution is 2.42. The van der Waals surface area contributed by atoms with Gasteiger partial charge in [0, 0.05) is 48.0 Å². The number of hydrogen-bond acceptors (Lipinski definition) is 8. The number of fused-ring (bicyclic) bond motifs is 1. The minimum atomic E-state index is 0.112. The molecule has 0 aliphatic carbocycles. The summed E-state index contributed by atoms with van der Waals surface area (Å²) in [4.78, 5) is 26.6. The Morgan fingerprint density at radius 2 is 2.18 bits per heavy atom. The van der Waals surface area contributed by atoms with Crippen LogP contribution in [0.1, 0.15) is 41.6 Å². The van der Waals surface area contributed by atoms with Crippen LogP contribution < -0.4 is 15.4 Å². The van der Waals surface area contributed by atoms with Crippen LogP contribution in [0.3, 0.4) is 0 Å². The Bertz CT molecular complexity index is 908. The van der Waals surface area contributed by atoms with Gasteiger partial charge in [0.25, 0.3) is 0 Å². The number of rotatable bonds is 6. The standard InChI is InChI=1S/C19H24ClN5O2S/c1-10-7-22-14(11(2)16(10)27-4)9-25-8-13(5-6-28-12(3)26)15-17(20)23-19(21)24-18(15)25/h7,13H,5-6,8-9H2,1-4H3,(H2,21,23,24). The molecule has 1 aliphatic heterocycles. The Balaban J connectivity index is 1.90. The number of aromatic nitrogens is 3. The fourth-order valence-corrected chi connectivity index (χ4v) is 4.63. The van der Waals surface area contributed by atoms with Crippen molar-refractivity contribution in [2.24, 2.45) is 0 Å². The zero-order valence-electron chi connectivity index (χ0n) is 16.5. The number of pyridine rings is 1. The normalized spacial score (nSPS) is 15.6. The molecule has 28 heavy (non-hydrogen) atoms. The summed E-state index contributed by atoms with van der Waals surface area (Å²) in [5.74, 6) is 2.61. The summed E-state index contributed by atoms with van der Waals surface area (Å²) in [6.45, 7) is 6.86. The van der Waals surface area contributed by atoms with Crippen LogP contribution in [0.5, 0.6) is 5.75 Å². The lowest BCUT2D eigenvalue weighted by atomic mass is 10.0. The Morgan fingerprint density at radius 3 is 2.86 bits per heavy atom. The Labute approximate surface area is 174 Å². The number of nitrogens with two attached hydrogens (primary N) is 1. The molecule has 2 aromatic rings. The molecule has 3 heterocycles. The van der Waals surface area contributed by atoms with E-state index >= 15 is 0 Å². The van der Waals surface area contributed by atoms with E-state index in [1.807, 2.05) is 20.0 Å². The molecule has 0 spiro atoms. The molecule has 1 aliphatic rings. The van der Waals surface area contributed by atoms with E-state index in [-0.39, 0.29) is 17.0 Å². The lowest BCUT2D eigenvalue weighted by Crippen LogP contribution is -2.24. The van der Waals surface area contributed by atoms with Crippen molar-refractivity contribution in [1.29, 1.82) is 0 Å². The molecule has 1 atom stereocenters. The van der Waals surface area contributed by atoms with Crippen molar-refractivity contribution in [3.05, 3.63) is 33.7 Å². The molecule has 9 heteroatoms. The van der Waals surface area contributed by atoms with E-state index in [9.17, 15) is 4.79 Å². The molecule has 0 fully saturated rings.